The predicted octanol–water partition coefficient (Wildman–Crippen LogP) is 5.90. The van der Waals surface area contributed by atoms with E-state index in [4.69, 9.17) is 9.47 Å². The normalized spacial score (nSPS) is 11.1. The Balaban J connectivity index is 2.08. The number of hydrogen-bond donors (Lipinski definition) is 1. The molecule has 2 rings (SSSR count). The number of aryl methyl sites for hydroxylation is 2. The highest BCUT2D eigenvalue weighted by molar-refractivity contribution is 6.02. The average Bonchev–Trinajstić information content (AvgIpc) is 2.72. The molecule has 0 saturated heterocycles. The van der Waals surface area contributed by atoms with Crippen molar-refractivity contribution in [1.29, 1.82) is 0 Å². The number of carbonyl (C=O) groups excluding carboxylic acids is 1. The summed E-state index contributed by atoms with van der Waals surface area (Å²) in [6.07, 6.45) is 6.09. The molecule has 1 amide bonds. The van der Waals surface area contributed by atoms with Crippen LogP contribution in [0.1, 0.15) is 50.8 Å². The third kappa shape index (κ3) is 6.67. The molecular weight excluding hydrogens is 362 g/mol. The van der Waals surface area contributed by atoms with Gasteiger partial charge in [0.15, 0.2) is 11.5 Å². The van der Waals surface area contributed by atoms with Gasteiger partial charge in [0.25, 0.3) is 0 Å². The molecule has 0 aliphatic heterocycles. The van der Waals surface area contributed by atoms with Gasteiger partial charge in [0, 0.05) is 11.8 Å². The lowest BCUT2D eigenvalue weighted by Gasteiger charge is -2.13. The molecule has 0 aliphatic rings. The molecule has 0 spiro atoms. The van der Waals surface area contributed by atoms with Crippen molar-refractivity contribution < 1.29 is 14.3 Å². The zero-order valence-electron chi connectivity index (χ0n) is 18.2. The molecule has 0 atom stereocenters. The van der Waals surface area contributed by atoms with Gasteiger partial charge in [0.2, 0.25) is 5.91 Å². The Hall–Kier alpha value is -2.75. The molecule has 4 heteroatoms. The Labute approximate surface area is 174 Å². The quantitative estimate of drug-likeness (QED) is 0.510. The highest BCUT2D eigenvalue weighted by atomic mass is 16.5. The van der Waals surface area contributed by atoms with Gasteiger partial charge < -0.3 is 14.8 Å². The number of hydrogen-bond acceptors (Lipinski definition) is 3. The van der Waals surface area contributed by atoms with E-state index in [-0.39, 0.29) is 5.91 Å². The Morgan fingerprint density at radius 3 is 2.34 bits per heavy atom. The predicted molar refractivity (Wildman–Crippen MR) is 121 cm³/mol. The van der Waals surface area contributed by atoms with Crippen molar-refractivity contribution >= 4 is 17.7 Å². The minimum absolute atomic E-state index is 0.142. The first-order valence-electron chi connectivity index (χ1n) is 10.4. The molecule has 0 unspecified atom stereocenters. The van der Waals surface area contributed by atoms with Crippen molar-refractivity contribution in [2.45, 2.75) is 47.0 Å². The molecule has 0 fully saturated rings. The average molecular weight is 396 g/mol. The van der Waals surface area contributed by atoms with Crippen molar-refractivity contribution in [2.75, 3.05) is 19.0 Å². The smallest absolute Gasteiger partial charge is 0.248 e. The van der Waals surface area contributed by atoms with E-state index in [1.165, 1.54) is 0 Å². The second-order valence-electron chi connectivity index (χ2n) is 7.42. The van der Waals surface area contributed by atoms with Gasteiger partial charge in [0.05, 0.1) is 13.7 Å². The van der Waals surface area contributed by atoms with Crippen molar-refractivity contribution in [3.05, 3.63) is 59.2 Å². The summed E-state index contributed by atoms with van der Waals surface area (Å²) in [6.45, 7) is 9.18. The van der Waals surface area contributed by atoms with Gasteiger partial charge in [0.1, 0.15) is 0 Å². The van der Waals surface area contributed by atoms with E-state index in [0.717, 1.165) is 47.4 Å². The summed E-state index contributed by atoms with van der Waals surface area (Å²) in [4.78, 5) is 12.5. The first kappa shape index (κ1) is 22.5. The second kappa shape index (κ2) is 11.3. The van der Waals surface area contributed by atoms with Gasteiger partial charge in [-0.3, -0.25) is 4.79 Å². The maximum Gasteiger partial charge on any atom is 0.248 e. The van der Waals surface area contributed by atoms with Crippen LogP contribution in [-0.4, -0.2) is 19.6 Å². The third-order valence-electron chi connectivity index (χ3n) is 4.81. The molecule has 2 aromatic carbocycles. The first-order chi connectivity index (χ1) is 14.0. The monoisotopic (exact) mass is 395 g/mol. The molecule has 0 aromatic heterocycles. The third-order valence-corrected chi connectivity index (χ3v) is 4.81. The Bertz CT molecular complexity index is 818. The lowest BCUT2D eigenvalue weighted by atomic mass is 10.0. The van der Waals surface area contributed by atoms with Gasteiger partial charge in [-0.2, -0.15) is 0 Å². The molecule has 1 N–H and O–H groups in total. The number of rotatable bonds is 10. The molecule has 0 bridgehead atoms. The minimum Gasteiger partial charge on any atom is -0.493 e. The maximum atomic E-state index is 12.5. The number of carbonyl (C=O) groups is 1. The maximum absolute atomic E-state index is 12.5. The van der Waals surface area contributed by atoms with Crippen molar-refractivity contribution in [1.82, 2.24) is 0 Å². The summed E-state index contributed by atoms with van der Waals surface area (Å²) >= 11 is 0. The SMILES string of the molecule is CCc1cccc(CC)c1NC(=O)/C=C/c1ccc(OCCC(C)C)c(OC)c1. The minimum atomic E-state index is -0.142. The molecule has 29 heavy (non-hydrogen) atoms. The van der Waals surface area contributed by atoms with Crippen LogP contribution in [0, 0.1) is 5.92 Å². The van der Waals surface area contributed by atoms with Gasteiger partial charge in [-0.15, -0.1) is 0 Å². The fourth-order valence-corrected chi connectivity index (χ4v) is 3.05. The van der Waals surface area contributed by atoms with Crippen LogP contribution in [0.2, 0.25) is 0 Å². The molecule has 0 heterocycles. The van der Waals surface area contributed by atoms with Gasteiger partial charge in [-0.05, 0) is 60.1 Å². The fourth-order valence-electron chi connectivity index (χ4n) is 3.05. The lowest BCUT2D eigenvalue weighted by molar-refractivity contribution is -0.111. The number of benzene rings is 2. The molecule has 0 saturated carbocycles. The van der Waals surface area contributed by atoms with E-state index in [0.29, 0.717) is 18.3 Å². The number of nitrogens with one attached hydrogen (secondary N) is 1. The first-order valence-corrected chi connectivity index (χ1v) is 10.4. The van der Waals surface area contributed by atoms with Crippen molar-refractivity contribution in [3.63, 3.8) is 0 Å². The van der Waals surface area contributed by atoms with Gasteiger partial charge in [-0.25, -0.2) is 0 Å². The highest BCUT2D eigenvalue weighted by Crippen LogP contribution is 2.29. The van der Waals surface area contributed by atoms with E-state index in [1.54, 1.807) is 19.3 Å². The van der Waals surface area contributed by atoms with Crippen LogP contribution in [0.3, 0.4) is 0 Å². The standard InChI is InChI=1S/C25H33NO3/c1-6-20-9-8-10-21(7-2)25(20)26-24(27)14-12-19-11-13-22(23(17-19)28-5)29-16-15-18(3)4/h8-14,17-18H,6-7,15-16H2,1-5H3,(H,26,27)/b14-12+. The van der Waals surface area contributed by atoms with Crippen molar-refractivity contribution in [3.8, 4) is 11.5 Å². The van der Waals surface area contributed by atoms with Crippen LogP contribution in [-0.2, 0) is 17.6 Å². The largest absolute Gasteiger partial charge is 0.493 e. The van der Waals surface area contributed by atoms with E-state index in [1.807, 2.05) is 24.3 Å². The van der Waals surface area contributed by atoms with Crippen LogP contribution in [0.5, 0.6) is 11.5 Å². The van der Waals surface area contributed by atoms with Crippen LogP contribution in [0.25, 0.3) is 6.08 Å². The Morgan fingerprint density at radius 1 is 1.07 bits per heavy atom. The summed E-state index contributed by atoms with van der Waals surface area (Å²) in [7, 11) is 1.62. The topological polar surface area (TPSA) is 47.6 Å². The second-order valence-corrected chi connectivity index (χ2v) is 7.42. The van der Waals surface area contributed by atoms with E-state index < -0.39 is 0 Å². The van der Waals surface area contributed by atoms with E-state index in [2.05, 4.69) is 45.1 Å². The molecule has 0 radical (unpaired) electrons. The van der Waals surface area contributed by atoms with E-state index >= 15 is 0 Å². The molecule has 0 aliphatic carbocycles. The van der Waals surface area contributed by atoms with Crippen LogP contribution >= 0.6 is 0 Å². The summed E-state index contributed by atoms with van der Waals surface area (Å²) in [5.41, 5.74) is 4.11. The number of amides is 1. The Morgan fingerprint density at radius 2 is 1.76 bits per heavy atom. The molecule has 2 aromatic rings. The summed E-state index contributed by atoms with van der Waals surface area (Å²) < 4.78 is 11.3. The Kier molecular flexibility index (Phi) is 8.78. The van der Waals surface area contributed by atoms with E-state index in [9.17, 15) is 4.79 Å². The molecule has 4 nitrogen and oxygen atoms in total. The zero-order chi connectivity index (χ0) is 21.2. The molecule has 156 valence electrons. The number of para-hydroxylation sites is 1. The molecular formula is C25H33NO3. The highest BCUT2D eigenvalue weighted by Gasteiger charge is 2.09. The van der Waals surface area contributed by atoms with Crippen LogP contribution in [0.15, 0.2) is 42.5 Å². The van der Waals surface area contributed by atoms with Crippen LogP contribution < -0.4 is 14.8 Å². The van der Waals surface area contributed by atoms with Gasteiger partial charge >= 0.3 is 0 Å². The number of methoxy groups -OCH3 is 1. The number of anilines is 1. The van der Waals surface area contributed by atoms with Gasteiger partial charge in [-0.1, -0.05) is 52.0 Å². The summed E-state index contributed by atoms with van der Waals surface area (Å²) in [5.74, 6) is 1.84. The van der Waals surface area contributed by atoms with Crippen LogP contribution in [0.4, 0.5) is 5.69 Å². The zero-order valence-corrected chi connectivity index (χ0v) is 18.2. The summed E-state index contributed by atoms with van der Waals surface area (Å²) in [6, 6.07) is 11.8. The fraction of sp³-hybridized carbons (Fsp3) is 0.400. The summed E-state index contributed by atoms with van der Waals surface area (Å²) in [5, 5.41) is 3.05. The lowest BCUT2D eigenvalue weighted by Crippen LogP contribution is -2.11. The van der Waals surface area contributed by atoms with Crippen molar-refractivity contribution in [2.24, 2.45) is 5.92 Å². The number of ether oxygens (including phenoxy) is 2.